The number of hydrogen-bond acceptors (Lipinski definition) is 5. The predicted octanol–water partition coefficient (Wildman–Crippen LogP) is 2.76. The summed E-state index contributed by atoms with van der Waals surface area (Å²) in [5.41, 5.74) is 0.850. The molecular weight excluding hydrogens is 250 g/mol. The van der Waals surface area contributed by atoms with Gasteiger partial charge in [0.15, 0.2) is 0 Å². The van der Waals surface area contributed by atoms with Crippen molar-refractivity contribution in [2.75, 3.05) is 5.32 Å². The summed E-state index contributed by atoms with van der Waals surface area (Å²) < 4.78 is 5.38. The third-order valence-corrected chi connectivity index (χ3v) is 3.90. The summed E-state index contributed by atoms with van der Waals surface area (Å²) >= 11 is 1.54. The molecule has 0 atom stereocenters. The fourth-order valence-corrected chi connectivity index (χ4v) is 2.58. The lowest BCUT2D eigenvalue weighted by Gasteiger charge is -2.01. The number of anilines is 1. The number of nitrogens with one attached hydrogen (secondary N) is 1. The number of rotatable bonds is 3. The van der Waals surface area contributed by atoms with Gasteiger partial charge < -0.3 is 9.73 Å². The van der Waals surface area contributed by atoms with Gasteiger partial charge in [0, 0.05) is 17.7 Å². The van der Waals surface area contributed by atoms with E-state index in [9.17, 15) is 4.79 Å². The van der Waals surface area contributed by atoms with Gasteiger partial charge >= 0.3 is 0 Å². The van der Waals surface area contributed by atoms with E-state index in [1.165, 1.54) is 0 Å². The second-order valence-electron chi connectivity index (χ2n) is 4.47. The molecule has 0 radical (unpaired) electrons. The first kappa shape index (κ1) is 11.4. The molecule has 2 aromatic rings. The molecule has 18 heavy (non-hydrogen) atoms. The summed E-state index contributed by atoms with van der Waals surface area (Å²) in [7, 11) is 0. The molecule has 0 aromatic carbocycles. The first-order chi connectivity index (χ1) is 8.63. The van der Waals surface area contributed by atoms with E-state index in [0.717, 1.165) is 28.3 Å². The quantitative estimate of drug-likeness (QED) is 0.924. The minimum atomic E-state index is 0.115. The average molecular weight is 263 g/mol. The Morgan fingerprint density at radius 1 is 1.44 bits per heavy atom. The van der Waals surface area contributed by atoms with Crippen LogP contribution in [0.15, 0.2) is 10.5 Å². The zero-order valence-corrected chi connectivity index (χ0v) is 11.0. The summed E-state index contributed by atoms with van der Waals surface area (Å²) in [4.78, 5) is 13.7. The van der Waals surface area contributed by atoms with Crippen LogP contribution in [-0.4, -0.2) is 16.1 Å². The van der Waals surface area contributed by atoms with Gasteiger partial charge in [-0.3, -0.25) is 4.79 Å². The third kappa shape index (κ3) is 2.15. The smallest absolute Gasteiger partial charge is 0.257 e. The minimum Gasteiger partial charge on any atom is -0.420 e. The Morgan fingerprint density at radius 3 is 2.83 bits per heavy atom. The predicted molar refractivity (Wildman–Crippen MR) is 68.4 cm³/mol. The van der Waals surface area contributed by atoms with Crippen LogP contribution < -0.4 is 5.32 Å². The monoisotopic (exact) mass is 263 g/mol. The van der Waals surface area contributed by atoms with Crippen LogP contribution in [0, 0.1) is 19.8 Å². The van der Waals surface area contributed by atoms with Crippen molar-refractivity contribution >= 4 is 22.9 Å². The van der Waals surface area contributed by atoms with Crippen LogP contribution in [0.1, 0.15) is 23.6 Å². The highest BCUT2D eigenvalue weighted by Crippen LogP contribution is 2.35. The number of amides is 1. The molecule has 1 N–H and O–H groups in total. The van der Waals surface area contributed by atoms with E-state index in [4.69, 9.17) is 4.42 Å². The van der Waals surface area contributed by atoms with Crippen molar-refractivity contribution in [2.45, 2.75) is 26.7 Å². The topological polar surface area (TPSA) is 68.0 Å². The maximum absolute atomic E-state index is 11.7. The van der Waals surface area contributed by atoms with Gasteiger partial charge in [-0.15, -0.1) is 21.5 Å². The molecule has 3 rings (SSSR count). The van der Waals surface area contributed by atoms with Crippen molar-refractivity contribution in [3.8, 4) is 10.8 Å². The first-order valence-electron chi connectivity index (χ1n) is 5.85. The Labute approximate surface area is 108 Å². The molecule has 1 aliphatic carbocycles. The number of hydrogen-bond donors (Lipinski definition) is 1. The zero-order chi connectivity index (χ0) is 12.7. The molecule has 0 unspecified atom stereocenters. The summed E-state index contributed by atoms with van der Waals surface area (Å²) in [5.74, 6) is 1.37. The van der Waals surface area contributed by atoms with Crippen molar-refractivity contribution in [3.63, 3.8) is 0 Å². The van der Waals surface area contributed by atoms with Crippen LogP contribution in [0.25, 0.3) is 10.8 Å². The van der Waals surface area contributed by atoms with E-state index in [2.05, 4.69) is 15.5 Å². The first-order valence-corrected chi connectivity index (χ1v) is 6.67. The SMILES string of the molecule is Cc1nnc(-c2cc(NC(=O)C3CC3)c(C)s2)o1. The number of carbonyl (C=O) groups excluding carboxylic acids is 1. The average Bonchev–Trinajstić information content (AvgIpc) is 3.01. The van der Waals surface area contributed by atoms with Crippen LogP contribution in [0.2, 0.25) is 0 Å². The van der Waals surface area contributed by atoms with E-state index in [0.29, 0.717) is 11.8 Å². The number of aromatic nitrogens is 2. The molecule has 0 bridgehead atoms. The van der Waals surface area contributed by atoms with Crippen molar-refractivity contribution in [2.24, 2.45) is 5.92 Å². The Balaban J connectivity index is 1.83. The Hall–Kier alpha value is -1.69. The molecule has 0 aliphatic heterocycles. The van der Waals surface area contributed by atoms with Gasteiger partial charge in [-0.2, -0.15) is 0 Å². The molecule has 1 fully saturated rings. The Bertz CT molecular complexity index is 598. The molecule has 5 nitrogen and oxygen atoms in total. The van der Waals surface area contributed by atoms with E-state index in [1.54, 1.807) is 18.3 Å². The van der Waals surface area contributed by atoms with Gasteiger partial charge in [0.05, 0.1) is 10.6 Å². The molecular formula is C12H13N3O2S. The van der Waals surface area contributed by atoms with Crippen LogP contribution in [0.5, 0.6) is 0 Å². The van der Waals surface area contributed by atoms with Crippen LogP contribution >= 0.6 is 11.3 Å². The lowest BCUT2D eigenvalue weighted by atomic mass is 10.3. The lowest BCUT2D eigenvalue weighted by molar-refractivity contribution is -0.117. The second-order valence-corrected chi connectivity index (χ2v) is 5.73. The van der Waals surface area contributed by atoms with E-state index in [-0.39, 0.29) is 11.8 Å². The van der Waals surface area contributed by atoms with Crippen molar-refractivity contribution in [1.82, 2.24) is 10.2 Å². The Morgan fingerprint density at radius 2 is 2.22 bits per heavy atom. The van der Waals surface area contributed by atoms with E-state index < -0.39 is 0 Å². The largest absolute Gasteiger partial charge is 0.420 e. The maximum atomic E-state index is 11.7. The highest BCUT2D eigenvalue weighted by Gasteiger charge is 2.30. The minimum absolute atomic E-state index is 0.115. The number of carbonyl (C=O) groups is 1. The molecule has 94 valence electrons. The Kier molecular flexibility index (Phi) is 2.66. The van der Waals surface area contributed by atoms with Crippen LogP contribution in [0.4, 0.5) is 5.69 Å². The van der Waals surface area contributed by atoms with Gasteiger partial charge in [-0.1, -0.05) is 0 Å². The zero-order valence-electron chi connectivity index (χ0n) is 10.2. The maximum Gasteiger partial charge on any atom is 0.257 e. The number of thiophene rings is 1. The summed E-state index contributed by atoms with van der Waals surface area (Å²) in [6, 6.07) is 1.90. The summed E-state index contributed by atoms with van der Waals surface area (Å²) in [5, 5.41) is 10.7. The van der Waals surface area contributed by atoms with E-state index >= 15 is 0 Å². The molecule has 0 saturated heterocycles. The third-order valence-electron chi connectivity index (χ3n) is 2.86. The van der Waals surface area contributed by atoms with Crippen molar-refractivity contribution in [3.05, 3.63) is 16.8 Å². The molecule has 6 heteroatoms. The summed E-state index contributed by atoms with van der Waals surface area (Å²) in [6.45, 7) is 3.73. The van der Waals surface area contributed by atoms with Crippen molar-refractivity contribution in [1.29, 1.82) is 0 Å². The summed E-state index contributed by atoms with van der Waals surface area (Å²) in [6.07, 6.45) is 2.01. The second kappa shape index (κ2) is 4.20. The highest BCUT2D eigenvalue weighted by molar-refractivity contribution is 7.15. The molecule has 1 aliphatic rings. The molecule has 2 aromatic heterocycles. The van der Waals surface area contributed by atoms with Gasteiger partial charge in [-0.05, 0) is 25.8 Å². The van der Waals surface area contributed by atoms with Gasteiger partial charge in [0.2, 0.25) is 11.8 Å². The molecule has 2 heterocycles. The fraction of sp³-hybridized carbons (Fsp3) is 0.417. The molecule has 1 saturated carbocycles. The lowest BCUT2D eigenvalue weighted by Crippen LogP contribution is -2.13. The van der Waals surface area contributed by atoms with Gasteiger partial charge in [0.1, 0.15) is 0 Å². The number of aryl methyl sites for hydroxylation is 2. The molecule has 1 amide bonds. The van der Waals surface area contributed by atoms with Gasteiger partial charge in [0.25, 0.3) is 5.89 Å². The fourth-order valence-electron chi connectivity index (χ4n) is 1.69. The molecule has 0 spiro atoms. The van der Waals surface area contributed by atoms with Gasteiger partial charge in [-0.25, -0.2) is 0 Å². The standard InChI is InChI=1S/C12H13N3O2S/c1-6-9(13-11(16)8-3-4-8)5-10(18-6)12-15-14-7(2)17-12/h5,8H,3-4H2,1-2H3,(H,13,16). The van der Waals surface area contributed by atoms with E-state index in [1.807, 2.05) is 13.0 Å². The highest BCUT2D eigenvalue weighted by atomic mass is 32.1. The number of nitrogens with zero attached hydrogens (tertiary/aromatic N) is 2. The normalized spacial score (nSPS) is 14.8. The van der Waals surface area contributed by atoms with Crippen LogP contribution in [-0.2, 0) is 4.79 Å². The van der Waals surface area contributed by atoms with Crippen LogP contribution in [0.3, 0.4) is 0 Å². The van der Waals surface area contributed by atoms with Crippen molar-refractivity contribution < 1.29 is 9.21 Å².